The molecule has 22 heavy (non-hydrogen) atoms. The fourth-order valence-electron chi connectivity index (χ4n) is 2.84. The zero-order valence-corrected chi connectivity index (χ0v) is 11.5. The van der Waals surface area contributed by atoms with Gasteiger partial charge >= 0.3 is 0 Å². The van der Waals surface area contributed by atoms with E-state index in [1.165, 1.54) is 0 Å². The molecule has 0 aromatic heterocycles. The Morgan fingerprint density at radius 1 is 0.727 bits per heavy atom. The minimum atomic E-state index is -1.66. The normalized spacial score (nSPS) is 54.8. The molecular weight excluding hydrogens is 304 g/mol. The molecule has 3 saturated heterocycles. The number of fused-ring (bicyclic) bond motifs is 1. The Bertz CT molecular complexity index is 392. The smallest absolute Gasteiger partial charge is 0.187 e. The van der Waals surface area contributed by atoms with E-state index in [4.69, 9.17) is 18.9 Å². The molecular formula is C12H20O10. The van der Waals surface area contributed by atoms with Crippen LogP contribution < -0.4 is 0 Å². The number of ether oxygens (including phenoxy) is 4. The van der Waals surface area contributed by atoms with E-state index in [1.54, 1.807) is 0 Å². The zero-order valence-electron chi connectivity index (χ0n) is 11.5. The topological polar surface area (TPSA) is 162 Å². The first-order valence-corrected chi connectivity index (χ1v) is 7.03. The average molecular weight is 324 g/mol. The summed E-state index contributed by atoms with van der Waals surface area (Å²) in [5.74, 6) is 0. The summed E-state index contributed by atoms with van der Waals surface area (Å²) in [5.41, 5.74) is 0. The number of aliphatic hydroxyl groups is 6. The van der Waals surface area contributed by atoms with Gasteiger partial charge in [-0.15, -0.1) is 0 Å². The second-order valence-corrected chi connectivity index (χ2v) is 5.61. The standard InChI is InChI=1S/C12H20O10/c13-1-3-8(5(15)6(16)11(18)19-3)22-12-7(17)10-9(21-10)4(2-14)20-12/h3-18H,1-2H2. The Morgan fingerprint density at radius 2 is 1.41 bits per heavy atom. The van der Waals surface area contributed by atoms with Crippen molar-refractivity contribution in [1.82, 2.24) is 0 Å². The van der Waals surface area contributed by atoms with Gasteiger partial charge < -0.3 is 49.6 Å². The molecule has 0 spiro atoms. The maximum atomic E-state index is 10.0. The van der Waals surface area contributed by atoms with Gasteiger partial charge in [0.2, 0.25) is 0 Å². The minimum absolute atomic E-state index is 0.331. The van der Waals surface area contributed by atoms with E-state index in [-0.39, 0.29) is 6.61 Å². The molecule has 3 heterocycles. The molecule has 3 aliphatic heterocycles. The lowest BCUT2D eigenvalue weighted by molar-refractivity contribution is -0.334. The molecule has 0 aromatic rings. The van der Waals surface area contributed by atoms with Crippen molar-refractivity contribution in [3.05, 3.63) is 0 Å². The maximum Gasteiger partial charge on any atom is 0.187 e. The van der Waals surface area contributed by atoms with Crippen LogP contribution in [0.25, 0.3) is 0 Å². The molecule has 0 aromatic carbocycles. The molecule has 6 N–H and O–H groups in total. The summed E-state index contributed by atoms with van der Waals surface area (Å²) in [6, 6.07) is 0. The molecule has 0 saturated carbocycles. The highest BCUT2D eigenvalue weighted by atomic mass is 16.7. The molecule has 10 unspecified atom stereocenters. The highest BCUT2D eigenvalue weighted by Gasteiger charge is 2.59. The van der Waals surface area contributed by atoms with Crippen LogP contribution in [-0.4, -0.2) is 105 Å². The van der Waals surface area contributed by atoms with Gasteiger partial charge in [-0.2, -0.15) is 0 Å². The number of hydrogen-bond donors (Lipinski definition) is 6. The predicted molar refractivity (Wildman–Crippen MR) is 65.3 cm³/mol. The Morgan fingerprint density at radius 3 is 2.05 bits per heavy atom. The summed E-state index contributed by atoms with van der Waals surface area (Å²) >= 11 is 0. The summed E-state index contributed by atoms with van der Waals surface area (Å²) in [5, 5.41) is 57.5. The first-order chi connectivity index (χ1) is 10.5. The monoisotopic (exact) mass is 324 g/mol. The van der Waals surface area contributed by atoms with Crippen LogP contribution in [0.3, 0.4) is 0 Å². The first kappa shape index (κ1) is 16.5. The van der Waals surface area contributed by atoms with Crippen LogP contribution in [0.2, 0.25) is 0 Å². The van der Waals surface area contributed by atoms with Crippen LogP contribution >= 0.6 is 0 Å². The largest absolute Gasteiger partial charge is 0.394 e. The third-order valence-corrected chi connectivity index (χ3v) is 4.16. The van der Waals surface area contributed by atoms with Gasteiger partial charge in [0.05, 0.1) is 13.2 Å². The van der Waals surface area contributed by atoms with Gasteiger partial charge in [-0.3, -0.25) is 0 Å². The molecule has 10 atom stereocenters. The summed E-state index contributed by atoms with van der Waals surface area (Å²) in [6.07, 6.45) is -11.2. The summed E-state index contributed by atoms with van der Waals surface area (Å²) in [7, 11) is 0. The lowest BCUT2D eigenvalue weighted by atomic mass is 9.98. The van der Waals surface area contributed by atoms with E-state index in [0.29, 0.717) is 0 Å². The van der Waals surface area contributed by atoms with E-state index in [9.17, 15) is 30.6 Å². The molecule has 3 aliphatic rings. The van der Waals surface area contributed by atoms with Gasteiger partial charge in [0, 0.05) is 0 Å². The van der Waals surface area contributed by atoms with Crippen molar-refractivity contribution >= 4 is 0 Å². The van der Waals surface area contributed by atoms with Gasteiger partial charge in [0.25, 0.3) is 0 Å². The van der Waals surface area contributed by atoms with Gasteiger partial charge in [-0.05, 0) is 0 Å². The molecule has 0 aliphatic carbocycles. The van der Waals surface area contributed by atoms with Crippen LogP contribution in [0.1, 0.15) is 0 Å². The van der Waals surface area contributed by atoms with Gasteiger partial charge in [0.1, 0.15) is 48.8 Å². The van der Waals surface area contributed by atoms with Gasteiger partial charge in [-0.1, -0.05) is 0 Å². The van der Waals surface area contributed by atoms with Gasteiger partial charge in [0.15, 0.2) is 12.6 Å². The molecule has 0 amide bonds. The van der Waals surface area contributed by atoms with Crippen molar-refractivity contribution in [3.8, 4) is 0 Å². The molecule has 0 bridgehead atoms. The van der Waals surface area contributed by atoms with E-state index in [2.05, 4.69) is 0 Å². The second-order valence-electron chi connectivity index (χ2n) is 5.61. The average Bonchev–Trinajstić information content (AvgIpc) is 3.30. The quantitative estimate of drug-likeness (QED) is 0.279. The lowest BCUT2D eigenvalue weighted by Gasteiger charge is -2.42. The number of aliphatic hydroxyl groups excluding tert-OH is 6. The SMILES string of the molecule is OCC1OC(O)C(O)C(O)C1OC1OC(CO)C2OC2C1O. The zero-order chi connectivity index (χ0) is 16.0. The van der Waals surface area contributed by atoms with Crippen LogP contribution in [0, 0.1) is 0 Å². The molecule has 10 heteroatoms. The third kappa shape index (κ3) is 2.76. The van der Waals surface area contributed by atoms with Crippen molar-refractivity contribution in [2.45, 2.75) is 61.4 Å². The minimum Gasteiger partial charge on any atom is -0.394 e. The molecule has 10 nitrogen and oxygen atoms in total. The highest BCUT2D eigenvalue weighted by molar-refractivity contribution is 5.02. The predicted octanol–water partition coefficient (Wildman–Crippen LogP) is -4.35. The number of hydrogen-bond acceptors (Lipinski definition) is 10. The third-order valence-electron chi connectivity index (χ3n) is 4.16. The summed E-state index contributed by atoms with van der Waals surface area (Å²) in [4.78, 5) is 0. The highest BCUT2D eigenvalue weighted by Crippen LogP contribution is 2.38. The fourth-order valence-corrected chi connectivity index (χ4v) is 2.84. The number of epoxide rings is 1. The molecule has 0 radical (unpaired) electrons. The van der Waals surface area contributed by atoms with Crippen molar-refractivity contribution < 1.29 is 49.6 Å². The van der Waals surface area contributed by atoms with Crippen LogP contribution in [0.15, 0.2) is 0 Å². The van der Waals surface area contributed by atoms with E-state index in [1.807, 2.05) is 0 Å². The summed E-state index contributed by atoms with van der Waals surface area (Å²) < 4.78 is 20.9. The molecule has 3 fully saturated rings. The molecule has 128 valence electrons. The molecule has 3 rings (SSSR count). The maximum absolute atomic E-state index is 10.0. The Hall–Kier alpha value is -0.400. The Kier molecular flexibility index (Phi) is 4.67. The van der Waals surface area contributed by atoms with Crippen LogP contribution in [0.5, 0.6) is 0 Å². The lowest BCUT2D eigenvalue weighted by Crippen LogP contribution is -2.61. The second kappa shape index (κ2) is 6.24. The van der Waals surface area contributed by atoms with Crippen molar-refractivity contribution in [1.29, 1.82) is 0 Å². The fraction of sp³-hybridized carbons (Fsp3) is 1.00. The van der Waals surface area contributed by atoms with E-state index >= 15 is 0 Å². The summed E-state index contributed by atoms with van der Waals surface area (Å²) in [6.45, 7) is -0.914. The van der Waals surface area contributed by atoms with Gasteiger partial charge in [-0.25, -0.2) is 0 Å². The van der Waals surface area contributed by atoms with Crippen molar-refractivity contribution in [2.75, 3.05) is 13.2 Å². The number of rotatable bonds is 4. The van der Waals surface area contributed by atoms with Crippen LogP contribution in [-0.2, 0) is 18.9 Å². The van der Waals surface area contributed by atoms with Crippen molar-refractivity contribution in [3.63, 3.8) is 0 Å². The first-order valence-electron chi connectivity index (χ1n) is 7.03. The van der Waals surface area contributed by atoms with Crippen LogP contribution in [0.4, 0.5) is 0 Å². The van der Waals surface area contributed by atoms with E-state index < -0.39 is 68.0 Å². The Labute approximate surface area is 125 Å². The van der Waals surface area contributed by atoms with Crippen molar-refractivity contribution in [2.24, 2.45) is 0 Å². The van der Waals surface area contributed by atoms with E-state index in [0.717, 1.165) is 0 Å². The Balaban J connectivity index is 1.69.